The number of nitrogens with zero attached hydrogens (tertiary/aromatic N) is 1. The monoisotopic (exact) mass is 407 g/mol. The fourth-order valence-corrected chi connectivity index (χ4v) is 4.92. The fourth-order valence-electron chi connectivity index (χ4n) is 4.92. The lowest BCUT2D eigenvalue weighted by Gasteiger charge is -2.36. The van der Waals surface area contributed by atoms with Gasteiger partial charge < -0.3 is 19.1 Å². The number of hydrogen-bond acceptors (Lipinski definition) is 4. The minimum absolute atomic E-state index is 0.0894. The van der Waals surface area contributed by atoms with Gasteiger partial charge in [-0.25, -0.2) is 0 Å². The van der Waals surface area contributed by atoms with E-state index in [-0.39, 0.29) is 6.29 Å². The maximum absolute atomic E-state index is 5.46. The van der Waals surface area contributed by atoms with Crippen LogP contribution in [0.4, 0.5) is 5.69 Å². The lowest BCUT2D eigenvalue weighted by molar-refractivity contribution is -0.141. The molecule has 0 radical (unpaired) electrons. The third-order valence-electron chi connectivity index (χ3n) is 6.53. The van der Waals surface area contributed by atoms with Crippen molar-refractivity contribution in [3.05, 3.63) is 65.2 Å². The Morgan fingerprint density at radius 1 is 0.933 bits per heavy atom. The molecule has 0 spiro atoms. The molecule has 1 fully saturated rings. The number of benzene rings is 2. The number of rotatable bonds is 6. The summed E-state index contributed by atoms with van der Waals surface area (Å²) < 4.78 is 16.4. The Morgan fingerprint density at radius 2 is 1.63 bits per heavy atom. The van der Waals surface area contributed by atoms with Crippen molar-refractivity contribution in [3.8, 4) is 5.75 Å². The van der Waals surface area contributed by atoms with Crippen molar-refractivity contribution in [1.29, 1.82) is 0 Å². The van der Waals surface area contributed by atoms with Gasteiger partial charge in [-0.15, -0.1) is 0 Å². The Bertz CT molecular complexity index is 878. The van der Waals surface area contributed by atoms with Gasteiger partial charge in [0.05, 0.1) is 7.11 Å². The zero-order valence-electron chi connectivity index (χ0n) is 18.6. The van der Waals surface area contributed by atoms with Crippen LogP contribution < -0.4 is 9.64 Å². The van der Waals surface area contributed by atoms with E-state index in [1.165, 1.54) is 28.0 Å². The number of ether oxygens (including phenoxy) is 3. The first-order valence-corrected chi connectivity index (χ1v) is 10.9. The lowest BCUT2D eigenvalue weighted by Crippen LogP contribution is -2.39. The Balaban J connectivity index is 1.49. The van der Waals surface area contributed by atoms with Gasteiger partial charge in [0.15, 0.2) is 6.29 Å². The van der Waals surface area contributed by atoms with E-state index in [0.717, 1.165) is 38.1 Å². The molecule has 1 unspecified atom stereocenters. The van der Waals surface area contributed by atoms with E-state index in [0.29, 0.717) is 11.8 Å². The molecule has 0 N–H and O–H groups in total. The van der Waals surface area contributed by atoms with Crippen molar-refractivity contribution in [3.63, 3.8) is 0 Å². The first-order chi connectivity index (χ1) is 14.6. The number of allylic oxidation sites excluding steroid dienone is 1. The van der Waals surface area contributed by atoms with E-state index in [2.05, 4.69) is 60.4 Å². The molecule has 4 nitrogen and oxygen atoms in total. The molecule has 2 aliphatic rings. The van der Waals surface area contributed by atoms with Crippen LogP contribution in [0.1, 0.15) is 36.5 Å². The molecule has 1 aliphatic heterocycles. The highest BCUT2D eigenvalue weighted by Crippen LogP contribution is 2.36. The third kappa shape index (κ3) is 4.26. The standard InChI is InChI=1S/C26H33NO3/c1-18-15-21-17-23(28-2)9-10-24(21)25(16-18)19-5-7-22(8-6-19)27-13-11-20(12-14-27)26(29-3)30-4/h5-10,16-18,20,26H,11-15H2,1-4H3. The van der Waals surface area contributed by atoms with Gasteiger partial charge in [0.2, 0.25) is 0 Å². The summed E-state index contributed by atoms with van der Waals surface area (Å²) in [5.74, 6) is 1.93. The van der Waals surface area contributed by atoms with Crippen molar-refractivity contribution in [2.24, 2.45) is 11.8 Å². The van der Waals surface area contributed by atoms with Gasteiger partial charge in [0.25, 0.3) is 0 Å². The third-order valence-corrected chi connectivity index (χ3v) is 6.53. The van der Waals surface area contributed by atoms with Crippen LogP contribution in [-0.4, -0.2) is 40.7 Å². The quantitative estimate of drug-likeness (QED) is 0.620. The predicted molar refractivity (Wildman–Crippen MR) is 122 cm³/mol. The van der Waals surface area contributed by atoms with Gasteiger partial charge >= 0.3 is 0 Å². The number of fused-ring (bicyclic) bond motifs is 1. The van der Waals surface area contributed by atoms with Gasteiger partial charge in [0.1, 0.15) is 5.75 Å². The fraction of sp³-hybridized carbons (Fsp3) is 0.462. The van der Waals surface area contributed by atoms with Crippen LogP contribution in [0.5, 0.6) is 5.75 Å². The summed E-state index contributed by atoms with van der Waals surface area (Å²) in [6.07, 6.45) is 5.56. The molecule has 160 valence electrons. The average Bonchev–Trinajstić information content (AvgIpc) is 2.79. The molecule has 0 bridgehead atoms. The van der Waals surface area contributed by atoms with E-state index >= 15 is 0 Å². The summed E-state index contributed by atoms with van der Waals surface area (Å²) in [5, 5.41) is 0. The molecule has 1 saturated heterocycles. The van der Waals surface area contributed by atoms with Crippen LogP contribution in [0.2, 0.25) is 0 Å². The predicted octanol–water partition coefficient (Wildman–Crippen LogP) is 5.15. The molecule has 0 aromatic heterocycles. The Hall–Kier alpha value is -2.30. The minimum atomic E-state index is -0.0894. The molecular weight excluding hydrogens is 374 g/mol. The maximum atomic E-state index is 5.46. The van der Waals surface area contributed by atoms with E-state index < -0.39 is 0 Å². The SMILES string of the molecule is COc1ccc2c(c1)CC(C)C=C2c1ccc(N2CCC(C(OC)OC)CC2)cc1. The summed E-state index contributed by atoms with van der Waals surface area (Å²) >= 11 is 0. The van der Waals surface area contributed by atoms with Crippen LogP contribution in [0.25, 0.3) is 5.57 Å². The molecule has 2 aromatic carbocycles. The number of piperidine rings is 1. The van der Waals surface area contributed by atoms with Crippen molar-refractivity contribution in [2.75, 3.05) is 39.3 Å². The van der Waals surface area contributed by atoms with Crippen LogP contribution >= 0.6 is 0 Å². The number of anilines is 1. The normalized spacial score (nSPS) is 19.6. The van der Waals surface area contributed by atoms with Crippen LogP contribution in [0.15, 0.2) is 48.5 Å². The molecular formula is C26H33NO3. The Kier molecular flexibility index (Phi) is 6.45. The van der Waals surface area contributed by atoms with Gasteiger partial charge in [0, 0.05) is 38.9 Å². The van der Waals surface area contributed by atoms with E-state index in [1.54, 1.807) is 21.3 Å². The second-order valence-corrected chi connectivity index (χ2v) is 8.50. The summed E-state index contributed by atoms with van der Waals surface area (Å²) in [6, 6.07) is 15.5. The molecule has 4 rings (SSSR count). The molecule has 0 amide bonds. The zero-order valence-corrected chi connectivity index (χ0v) is 18.6. The molecule has 30 heavy (non-hydrogen) atoms. The summed E-state index contributed by atoms with van der Waals surface area (Å²) in [6.45, 7) is 4.36. The van der Waals surface area contributed by atoms with Crippen molar-refractivity contribution in [2.45, 2.75) is 32.5 Å². The number of hydrogen-bond donors (Lipinski definition) is 0. The lowest BCUT2D eigenvalue weighted by atomic mass is 9.82. The van der Waals surface area contributed by atoms with Crippen molar-refractivity contribution >= 4 is 11.3 Å². The first kappa shape index (κ1) is 21.0. The minimum Gasteiger partial charge on any atom is -0.497 e. The van der Waals surface area contributed by atoms with E-state index in [4.69, 9.17) is 14.2 Å². The second-order valence-electron chi connectivity index (χ2n) is 8.50. The van der Waals surface area contributed by atoms with E-state index in [9.17, 15) is 0 Å². The summed E-state index contributed by atoms with van der Waals surface area (Å²) in [5.41, 5.74) is 6.61. The zero-order chi connectivity index (χ0) is 21.1. The first-order valence-electron chi connectivity index (χ1n) is 10.9. The average molecular weight is 408 g/mol. The Morgan fingerprint density at radius 3 is 2.27 bits per heavy atom. The van der Waals surface area contributed by atoms with Crippen LogP contribution in [0.3, 0.4) is 0 Å². The second kappa shape index (κ2) is 9.23. The van der Waals surface area contributed by atoms with Crippen LogP contribution in [-0.2, 0) is 15.9 Å². The largest absolute Gasteiger partial charge is 0.497 e. The van der Waals surface area contributed by atoms with Gasteiger partial charge in [-0.2, -0.15) is 0 Å². The molecule has 4 heteroatoms. The topological polar surface area (TPSA) is 30.9 Å². The van der Waals surface area contributed by atoms with Gasteiger partial charge in [-0.3, -0.25) is 0 Å². The molecule has 1 aliphatic carbocycles. The summed E-state index contributed by atoms with van der Waals surface area (Å²) in [7, 11) is 5.19. The van der Waals surface area contributed by atoms with Crippen molar-refractivity contribution < 1.29 is 14.2 Å². The van der Waals surface area contributed by atoms with Gasteiger partial charge in [-0.05, 0) is 71.7 Å². The highest BCUT2D eigenvalue weighted by atomic mass is 16.7. The van der Waals surface area contributed by atoms with Crippen molar-refractivity contribution in [1.82, 2.24) is 0 Å². The Labute approximate surface area is 180 Å². The highest BCUT2D eigenvalue weighted by Gasteiger charge is 2.27. The molecule has 1 heterocycles. The molecule has 2 aromatic rings. The molecule has 0 saturated carbocycles. The van der Waals surface area contributed by atoms with Crippen LogP contribution in [0, 0.1) is 11.8 Å². The van der Waals surface area contributed by atoms with Gasteiger partial charge in [-0.1, -0.05) is 31.2 Å². The maximum Gasteiger partial charge on any atom is 0.159 e. The highest BCUT2D eigenvalue weighted by molar-refractivity contribution is 5.83. The number of methoxy groups -OCH3 is 3. The summed E-state index contributed by atoms with van der Waals surface area (Å²) in [4.78, 5) is 2.47. The van der Waals surface area contributed by atoms with E-state index in [1.807, 2.05) is 0 Å². The smallest absolute Gasteiger partial charge is 0.159 e. The molecule has 1 atom stereocenters.